The molecule has 0 fully saturated rings. The molecular weight excluding hydrogens is 250 g/mol. The van der Waals surface area contributed by atoms with Crippen LogP contribution in [0.3, 0.4) is 0 Å². The Kier molecular flexibility index (Phi) is 3.48. The topological polar surface area (TPSA) is 68.0 Å². The Morgan fingerprint density at radius 1 is 1.39 bits per heavy atom. The van der Waals surface area contributed by atoms with Gasteiger partial charge in [-0.2, -0.15) is 0 Å². The lowest BCUT2D eigenvalue weighted by Gasteiger charge is -2.07. The van der Waals surface area contributed by atoms with Crippen molar-refractivity contribution in [1.82, 2.24) is 4.98 Å². The number of amides is 1. The number of carbonyl (C=O) groups is 1. The van der Waals surface area contributed by atoms with Crippen molar-refractivity contribution in [3.8, 4) is 0 Å². The second-order valence-electron chi connectivity index (χ2n) is 3.86. The van der Waals surface area contributed by atoms with Crippen LogP contribution in [0.4, 0.5) is 11.5 Å². The Morgan fingerprint density at radius 3 is 2.78 bits per heavy atom. The van der Waals surface area contributed by atoms with Crippen LogP contribution in [0.5, 0.6) is 0 Å². The van der Waals surface area contributed by atoms with Gasteiger partial charge in [0.2, 0.25) is 0 Å². The van der Waals surface area contributed by atoms with Crippen LogP contribution in [-0.2, 0) is 0 Å². The zero-order valence-corrected chi connectivity index (χ0v) is 10.5. The number of carbonyl (C=O) groups excluding carboxylic acids is 1. The number of nitrogens with two attached hydrogens (primary N) is 1. The quantitative estimate of drug-likeness (QED) is 0.873. The van der Waals surface area contributed by atoms with Crippen LogP contribution in [0.25, 0.3) is 0 Å². The number of aryl methyl sites for hydroxylation is 1. The van der Waals surface area contributed by atoms with Gasteiger partial charge in [0.15, 0.2) is 0 Å². The van der Waals surface area contributed by atoms with Crippen molar-refractivity contribution in [2.75, 3.05) is 11.1 Å². The maximum atomic E-state index is 12.0. The smallest absolute Gasteiger partial charge is 0.258 e. The molecule has 1 heterocycles. The van der Waals surface area contributed by atoms with Crippen LogP contribution < -0.4 is 11.1 Å². The number of hydrogen-bond acceptors (Lipinski definition) is 3. The van der Waals surface area contributed by atoms with E-state index < -0.39 is 0 Å². The number of hydrogen-bond donors (Lipinski definition) is 2. The van der Waals surface area contributed by atoms with Gasteiger partial charge in [0, 0.05) is 0 Å². The molecule has 5 heteroatoms. The fourth-order valence-electron chi connectivity index (χ4n) is 1.46. The highest BCUT2D eigenvalue weighted by Crippen LogP contribution is 2.18. The van der Waals surface area contributed by atoms with Crippen LogP contribution in [-0.4, -0.2) is 10.9 Å². The zero-order chi connectivity index (χ0) is 13.1. The Hall–Kier alpha value is -2.07. The molecule has 0 spiro atoms. The minimum absolute atomic E-state index is 0.294. The third kappa shape index (κ3) is 2.60. The SMILES string of the molecule is Cc1cc(NC(=O)c2ccccc2Cl)ncc1N. The number of pyridine rings is 1. The summed E-state index contributed by atoms with van der Waals surface area (Å²) in [5, 5.41) is 3.08. The molecule has 92 valence electrons. The molecule has 0 aliphatic carbocycles. The first-order valence-corrected chi connectivity index (χ1v) is 5.73. The number of nitrogens with one attached hydrogen (secondary N) is 1. The van der Waals surface area contributed by atoms with E-state index in [4.69, 9.17) is 17.3 Å². The van der Waals surface area contributed by atoms with Crippen molar-refractivity contribution in [1.29, 1.82) is 0 Å². The Morgan fingerprint density at radius 2 is 2.11 bits per heavy atom. The molecule has 1 aromatic carbocycles. The second kappa shape index (κ2) is 5.06. The van der Waals surface area contributed by atoms with Gasteiger partial charge in [0.05, 0.1) is 22.5 Å². The number of benzene rings is 1. The lowest BCUT2D eigenvalue weighted by molar-refractivity contribution is 0.102. The summed E-state index contributed by atoms with van der Waals surface area (Å²) in [5.41, 5.74) is 7.52. The third-order valence-corrected chi connectivity index (χ3v) is 2.84. The van der Waals surface area contributed by atoms with Crippen molar-refractivity contribution in [2.24, 2.45) is 0 Å². The minimum Gasteiger partial charge on any atom is -0.397 e. The van der Waals surface area contributed by atoms with Gasteiger partial charge < -0.3 is 11.1 Å². The Bertz CT molecular complexity index is 599. The summed E-state index contributed by atoms with van der Waals surface area (Å²) in [6.45, 7) is 1.85. The lowest BCUT2D eigenvalue weighted by Crippen LogP contribution is -2.13. The third-order valence-electron chi connectivity index (χ3n) is 2.51. The average Bonchev–Trinajstić information content (AvgIpc) is 2.34. The number of nitrogens with zero attached hydrogens (tertiary/aromatic N) is 1. The summed E-state index contributed by atoms with van der Waals surface area (Å²) < 4.78 is 0. The van der Waals surface area contributed by atoms with Gasteiger partial charge in [-0.05, 0) is 30.7 Å². The number of halogens is 1. The molecule has 0 bridgehead atoms. The number of anilines is 2. The molecule has 3 N–H and O–H groups in total. The fraction of sp³-hybridized carbons (Fsp3) is 0.0769. The predicted molar refractivity (Wildman–Crippen MR) is 72.8 cm³/mol. The van der Waals surface area contributed by atoms with E-state index in [9.17, 15) is 4.79 Å². The summed E-state index contributed by atoms with van der Waals surface area (Å²) >= 11 is 5.94. The van der Waals surface area contributed by atoms with Crippen LogP contribution >= 0.6 is 11.6 Å². The molecule has 18 heavy (non-hydrogen) atoms. The highest BCUT2D eigenvalue weighted by molar-refractivity contribution is 6.34. The highest BCUT2D eigenvalue weighted by Gasteiger charge is 2.10. The van der Waals surface area contributed by atoms with Gasteiger partial charge in [-0.15, -0.1) is 0 Å². The molecule has 1 aromatic heterocycles. The van der Waals surface area contributed by atoms with E-state index in [1.807, 2.05) is 6.92 Å². The van der Waals surface area contributed by atoms with Crippen molar-refractivity contribution in [3.05, 3.63) is 52.7 Å². The Labute approximate surface area is 110 Å². The first-order chi connectivity index (χ1) is 8.58. The van der Waals surface area contributed by atoms with Crippen molar-refractivity contribution < 1.29 is 4.79 Å². The average molecular weight is 262 g/mol. The molecule has 4 nitrogen and oxygen atoms in total. The molecule has 0 saturated heterocycles. The minimum atomic E-state index is -0.294. The van der Waals surface area contributed by atoms with E-state index in [0.717, 1.165) is 5.56 Å². The van der Waals surface area contributed by atoms with E-state index in [1.54, 1.807) is 30.3 Å². The molecule has 1 amide bonds. The molecule has 0 atom stereocenters. The summed E-state index contributed by atoms with van der Waals surface area (Å²) in [6, 6.07) is 8.55. The molecule has 0 aliphatic rings. The number of aromatic nitrogens is 1. The molecule has 0 unspecified atom stereocenters. The molecule has 0 aliphatic heterocycles. The van der Waals surface area contributed by atoms with E-state index in [1.165, 1.54) is 6.20 Å². The Balaban J connectivity index is 2.22. The number of rotatable bonds is 2. The summed E-state index contributed by atoms with van der Waals surface area (Å²) in [6.07, 6.45) is 1.51. The standard InChI is InChI=1S/C13H12ClN3O/c1-8-6-12(16-7-11(8)15)17-13(18)9-4-2-3-5-10(9)14/h2-7H,15H2,1H3,(H,16,17,18). The first kappa shape index (κ1) is 12.4. The van der Waals surface area contributed by atoms with Crippen molar-refractivity contribution in [2.45, 2.75) is 6.92 Å². The summed E-state index contributed by atoms with van der Waals surface area (Å²) in [4.78, 5) is 16.0. The van der Waals surface area contributed by atoms with E-state index in [0.29, 0.717) is 22.1 Å². The van der Waals surface area contributed by atoms with Gasteiger partial charge in [-0.1, -0.05) is 23.7 Å². The van der Waals surface area contributed by atoms with Crippen LogP contribution in [0, 0.1) is 6.92 Å². The highest BCUT2D eigenvalue weighted by atomic mass is 35.5. The summed E-state index contributed by atoms with van der Waals surface area (Å²) in [7, 11) is 0. The molecular formula is C13H12ClN3O. The largest absolute Gasteiger partial charge is 0.397 e. The molecule has 2 aromatic rings. The molecule has 0 radical (unpaired) electrons. The molecule has 0 saturated carbocycles. The molecule has 2 rings (SSSR count). The van der Waals surface area contributed by atoms with Crippen LogP contribution in [0.15, 0.2) is 36.5 Å². The predicted octanol–water partition coefficient (Wildman–Crippen LogP) is 2.88. The van der Waals surface area contributed by atoms with Crippen molar-refractivity contribution in [3.63, 3.8) is 0 Å². The van der Waals surface area contributed by atoms with E-state index in [2.05, 4.69) is 10.3 Å². The normalized spacial score (nSPS) is 10.1. The van der Waals surface area contributed by atoms with Gasteiger partial charge in [0.1, 0.15) is 5.82 Å². The maximum Gasteiger partial charge on any atom is 0.258 e. The maximum absolute atomic E-state index is 12.0. The van der Waals surface area contributed by atoms with Gasteiger partial charge in [-0.3, -0.25) is 4.79 Å². The number of nitrogen functional groups attached to an aromatic ring is 1. The zero-order valence-electron chi connectivity index (χ0n) is 9.77. The first-order valence-electron chi connectivity index (χ1n) is 5.36. The van der Waals surface area contributed by atoms with E-state index in [-0.39, 0.29) is 5.91 Å². The monoisotopic (exact) mass is 261 g/mol. The second-order valence-corrected chi connectivity index (χ2v) is 4.27. The summed E-state index contributed by atoms with van der Waals surface area (Å²) in [5.74, 6) is 0.156. The van der Waals surface area contributed by atoms with Gasteiger partial charge >= 0.3 is 0 Å². The van der Waals surface area contributed by atoms with Gasteiger partial charge in [-0.25, -0.2) is 4.98 Å². The lowest BCUT2D eigenvalue weighted by atomic mass is 10.2. The van der Waals surface area contributed by atoms with E-state index >= 15 is 0 Å². The van der Waals surface area contributed by atoms with Crippen LogP contribution in [0.2, 0.25) is 5.02 Å². The van der Waals surface area contributed by atoms with Crippen LogP contribution in [0.1, 0.15) is 15.9 Å². The van der Waals surface area contributed by atoms with Crippen molar-refractivity contribution >= 4 is 29.0 Å². The van der Waals surface area contributed by atoms with Gasteiger partial charge in [0.25, 0.3) is 5.91 Å². The fourth-order valence-corrected chi connectivity index (χ4v) is 1.69.